The molecule has 0 spiro atoms. The molecule has 10 nitrogen and oxygen atoms in total. The summed E-state index contributed by atoms with van der Waals surface area (Å²) in [6.07, 6.45) is 10.2. The number of pyridine rings is 1. The Morgan fingerprint density at radius 1 is 1.03 bits per heavy atom. The van der Waals surface area contributed by atoms with Crippen LogP contribution in [0.15, 0.2) is 24.7 Å². The van der Waals surface area contributed by atoms with Crippen LogP contribution in [0.4, 0.5) is 0 Å². The number of nitrogens with zero attached hydrogens (tertiary/aromatic N) is 4. The molecule has 3 N–H and O–H groups in total. The number of H-pyrrole nitrogens is 1. The Bertz CT molecular complexity index is 1400. The van der Waals surface area contributed by atoms with Gasteiger partial charge in [-0.3, -0.25) is 0 Å². The van der Waals surface area contributed by atoms with Crippen molar-refractivity contribution in [1.82, 2.24) is 24.5 Å². The summed E-state index contributed by atoms with van der Waals surface area (Å²) in [5, 5.41) is 15.7. The van der Waals surface area contributed by atoms with Gasteiger partial charge in [-0.15, -0.1) is 5.10 Å². The Hall–Kier alpha value is -2.15. The van der Waals surface area contributed by atoms with Crippen molar-refractivity contribution in [3.63, 3.8) is 0 Å². The van der Waals surface area contributed by atoms with Gasteiger partial charge >= 0.3 is 0 Å². The highest BCUT2D eigenvalue weighted by atomic mass is 32.2. The van der Waals surface area contributed by atoms with Crippen molar-refractivity contribution in [2.24, 2.45) is 17.0 Å². The molecule has 5 rings (SSSR count). The van der Waals surface area contributed by atoms with Gasteiger partial charge in [-0.2, -0.15) is 5.10 Å². The van der Waals surface area contributed by atoms with E-state index in [0.29, 0.717) is 25.3 Å². The summed E-state index contributed by atoms with van der Waals surface area (Å²) in [4.78, 5) is 7.56. The molecule has 184 valence electrons. The minimum absolute atomic E-state index is 0.0925. The van der Waals surface area contributed by atoms with Crippen molar-refractivity contribution < 1.29 is 16.8 Å². The lowest BCUT2D eigenvalue weighted by Gasteiger charge is -2.34. The van der Waals surface area contributed by atoms with Gasteiger partial charge in [-0.25, -0.2) is 31.3 Å². The molecule has 1 atom stereocenters. The summed E-state index contributed by atoms with van der Waals surface area (Å²) in [6.45, 7) is 0.692. The van der Waals surface area contributed by atoms with E-state index in [1.54, 1.807) is 6.20 Å². The largest absolute Gasteiger partial charge is 0.346 e. The molecule has 0 bridgehead atoms. The summed E-state index contributed by atoms with van der Waals surface area (Å²) in [6, 6.07) is 2.01. The molecule has 12 heteroatoms. The van der Waals surface area contributed by atoms with Gasteiger partial charge in [0, 0.05) is 30.1 Å². The van der Waals surface area contributed by atoms with E-state index in [1.165, 1.54) is 4.31 Å². The molecule has 2 fully saturated rings. The highest BCUT2D eigenvalue weighted by molar-refractivity contribution is 7.89. The van der Waals surface area contributed by atoms with E-state index < -0.39 is 20.0 Å². The van der Waals surface area contributed by atoms with Crippen molar-refractivity contribution in [1.29, 1.82) is 0 Å². The number of primary sulfonamides is 1. The molecular formula is C22H30N6O4S2. The number of nitrogens with two attached hydrogens (primary N) is 1. The number of hydrogen-bond donors (Lipinski definition) is 2. The van der Waals surface area contributed by atoms with Gasteiger partial charge in [0.05, 0.1) is 23.9 Å². The molecule has 3 aromatic rings. The third-order valence-corrected chi connectivity index (χ3v) is 10.2. The Balaban J connectivity index is 1.26. The van der Waals surface area contributed by atoms with Crippen LogP contribution in [-0.2, 0) is 20.0 Å². The molecule has 4 heterocycles. The van der Waals surface area contributed by atoms with E-state index in [9.17, 15) is 16.8 Å². The number of hydrogen-bond acceptors (Lipinski definition) is 7. The highest BCUT2D eigenvalue weighted by Crippen LogP contribution is 2.40. The predicted octanol–water partition coefficient (Wildman–Crippen LogP) is 2.11. The Morgan fingerprint density at radius 3 is 2.59 bits per heavy atom. The number of rotatable bonds is 6. The number of aromatic amines is 1. The van der Waals surface area contributed by atoms with E-state index in [1.807, 2.05) is 18.5 Å². The number of piperidine rings is 1. The molecule has 1 saturated heterocycles. The molecule has 1 aliphatic carbocycles. The quantitative estimate of drug-likeness (QED) is 0.519. The smallest absolute Gasteiger partial charge is 0.214 e. The normalized spacial score (nSPS) is 25.1. The number of fused-ring (bicyclic) bond motifs is 3. The molecule has 1 aliphatic heterocycles. The zero-order valence-corrected chi connectivity index (χ0v) is 20.6. The van der Waals surface area contributed by atoms with Gasteiger partial charge in [0.2, 0.25) is 20.0 Å². The first kappa shape index (κ1) is 23.6. The molecule has 0 amide bonds. The maximum Gasteiger partial charge on any atom is 0.214 e. The Labute approximate surface area is 199 Å². The Kier molecular flexibility index (Phi) is 6.34. The van der Waals surface area contributed by atoms with Crippen LogP contribution in [0.25, 0.3) is 21.9 Å². The molecule has 1 saturated carbocycles. The maximum atomic E-state index is 13.1. The van der Waals surface area contributed by atoms with Crippen LogP contribution < -0.4 is 5.14 Å². The summed E-state index contributed by atoms with van der Waals surface area (Å²) in [7, 11) is -7.06. The zero-order chi connectivity index (χ0) is 23.9. The molecule has 2 aliphatic rings. The third kappa shape index (κ3) is 4.95. The fraction of sp³-hybridized carbons (Fsp3) is 0.591. The fourth-order valence-corrected chi connectivity index (χ4v) is 8.61. The van der Waals surface area contributed by atoms with Gasteiger partial charge in [-0.05, 0) is 67.9 Å². The zero-order valence-electron chi connectivity index (χ0n) is 18.9. The maximum absolute atomic E-state index is 13.1. The van der Waals surface area contributed by atoms with Crippen molar-refractivity contribution in [3.05, 3.63) is 30.2 Å². The van der Waals surface area contributed by atoms with Gasteiger partial charge in [0.15, 0.2) is 0 Å². The van der Waals surface area contributed by atoms with Crippen molar-refractivity contribution in [3.8, 4) is 0 Å². The van der Waals surface area contributed by atoms with Crippen LogP contribution in [0.1, 0.15) is 50.0 Å². The average molecular weight is 507 g/mol. The first-order valence-electron chi connectivity index (χ1n) is 11.8. The van der Waals surface area contributed by atoms with Gasteiger partial charge in [-0.1, -0.05) is 0 Å². The molecule has 3 aromatic heterocycles. The topological polar surface area (TPSA) is 152 Å². The molecular weight excluding hydrogens is 476 g/mol. The second kappa shape index (κ2) is 9.14. The van der Waals surface area contributed by atoms with E-state index in [-0.39, 0.29) is 29.9 Å². The second-order valence-corrected chi connectivity index (χ2v) is 13.4. The van der Waals surface area contributed by atoms with Gasteiger partial charge in [0.25, 0.3) is 0 Å². The van der Waals surface area contributed by atoms with Gasteiger partial charge in [0.1, 0.15) is 11.2 Å². The van der Waals surface area contributed by atoms with E-state index in [2.05, 4.69) is 20.2 Å². The number of nitrogens with one attached hydrogen (secondary N) is 1. The van der Waals surface area contributed by atoms with Crippen LogP contribution in [0.5, 0.6) is 0 Å². The molecule has 0 radical (unpaired) electrons. The second-order valence-electron chi connectivity index (χ2n) is 9.75. The van der Waals surface area contributed by atoms with Crippen molar-refractivity contribution in [2.45, 2.75) is 44.4 Å². The fourth-order valence-electron chi connectivity index (χ4n) is 5.69. The van der Waals surface area contributed by atoms with Crippen LogP contribution in [0, 0.1) is 11.8 Å². The monoisotopic (exact) mass is 506 g/mol. The summed E-state index contributed by atoms with van der Waals surface area (Å²) in [5.74, 6) is 0.105. The van der Waals surface area contributed by atoms with Crippen LogP contribution in [-0.4, -0.2) is 65.9 Å². The minimum atomic E-state index is -3.62. The summed E-state index contributed by atoms with van der Waals surface area (Å²) in [5.41, 5.74) is 2.75. The van der Waals surface area contributed by atoms with E-state index in [4.69, 9.17) is 5.14 Å². The lowest BCUT2D eigenvalue weighted by Crippen LogP contribution is -2.44. The summed E-state index contributed by atoms with van der Waals surface area (Å²) < 4.78 is 50.6. The van der Waals surface area contributed by atoms with E-state index in [0.717, 1.165) is 53.2 Å². The number of sulfonamides is 2. The van der Waals surface area contributed by atoms with E-state index >= 15 is 0 Å². The third-order valence-electron chi connectivity index (χ3n) is 7.29. The van der Waals surface area contributed by atoms with Crippen LogP contribution >= 0.6 is 0 Å². The molecule has 0 aromatic carbocycles. The predicted molar refractivity (Wildman–Crippen MR) is 130 cm³/mol. The lowest BCUT2D eigenvalue weighted by molar-refractivity contribution is 0.276. The van der Waals surface area contributed by atoms with Crippen LogP contribution in [0.2, 0.25) is 0 Å². The Morgan fingerprint density at radius 2 is 1.82 bits per heavy atom. The van der Waals surface area contributed by atoms with Crippen LogP contribution in [0.3, 0.4) is 0 Å². The highest BCUT2D eigenvalue weighted by Gasteiger charge is 2.34. The molecule has 1 unspecified atom stereocenters. The first-order chi connectivity index (χ1) is 16.2. The molecule has 34 heavy (non-hydrogen) atoms. The van der Waals surface area contributed by atoms with Crippen molar-refractivity contribution >= 4 is 42.0 Å². The van der Waals surface area contributed by atoms with Crippen molar-refractivity contribution in [2.75, 3.05) is 24.6 Å². The first-order valence-corrected chi connectivity index (χ1v) is 15.1. The lowest BCUT2D eigenvalue weighted by atomic mass is 9.79. The number of aromatic nitrogens is 4. The average Bonchev–Trinajstić information content (AvgIpc) is 3.27. The minimum Gasteiger partial charge on any atom is -0.346 e. The standard InChI is InChI=1S/C22H30N6O4S2/c23-33(29,30)13-16-2-1-9-28(12-16)34(31,32)14-15-3-5-17(6-4-15)19-10-26-27-20-11-25-22-18(21(19)20)7-8-24-22/h7-8,10-11,15-17H,1-6,9,12-14H2,(H,24,25)(H2,23,29,30). The van der Waals surface area contributed by atoms with Gasteiger partial charge < -0.3 is 4.98 Å². The SMILES string of the molecule is NS(=O)(=O)CC1CCCN(S(=O)(=O)CC2CCC(c3cnnc4cnc5[nH]ccc5c34)CC2)C1. The summed E-state index contributed by atoms with van der Waals surface area (Å²) >= 11 is 0.